The van der Waals surface area contributed by atoms with Crippen molar-refractivity contribution >= 4 is 0 Å². The molecule has 0 spiro atoms. The number of hydrogen-bond acceptors (Lipinski definition) is 3. The average Bonchev–Trinajstić information content (AvgIpc) is 2.17. The number of halogens is 2. The van der Waals surface area contributed by atoms with Gasteiger partial charge >= 0.3 is 0 Å². The van der Waals surface area contributed by atoms with Gasteiger partial charge in [-0.25, -0.2) is 8.78 Å². The summed E-state index contributed by atoms with van der Waals surface area (Å²) >= 11 is 0. The normalized spacial score (nSPS) is 10.0. The quantitative estimate of drug-likeness (QED) is 0.731. The van der Waals surface area contributed by atoms with E-state index in [-0.39, 0.29) is 22.6 Å². The number of alkyl halides is 2. The maximum atomic E-state index is 12.6. The van der Waals surface area contributed by atoms with Crippen LogP contribution >= 0.6 is 0 Å². The van der Waals surface area contributed by atoms with Crippen LogP contribution in [0.4, 0.5) is 8.78 Å². The van der Waals surface area contributed by atoms with E-state index >= 15 is 0 Å². The molecule has 0 unspecified atom stereocenters. The second-order valence-corrected chi connectivity index (χ2v) is 2.61. The summed E-state index contributed by atoms with van der Waals surface area (Å²) in [7, 11) is 1.26. The lowest BCUT2D eigenvalue weighted by Crippen LogP contribution is -2.00. The van der Waals surface area contributed by atoms with Crippen molar-refractivity contribution in [3.05, 3.63) is 23.0 Å². The van der Waals surface area contributed by atoms with Crippen LogP contribution in [0.15, 0.2) is 6.20 Å². The standard InChI is InChI=1S/C9H8F2N2O/c1-5-6(3-12)8(9(10)11)7(14-2)4-13-5/h4,9H,1-2H3. The van der Waals surface area contributed by atoms with Gasteiger partial charge in [-0.2, -0.15) is 5.26 Å². The van der Waals surface area contributed by atoms with Gasteiger partial charge in [-0.1, -0.05) is 0 Å². The summed E-state index contributed by atoms with van der Waals surface area (Å²) in [6.07, 6.45) is -1.54. The monoisotopic (exact) mass is 198 g/mol. The third kappa shape index (κ3) is 1.64. The molecule has 0 atom stereocenters. The number of nitriles is 1. The fourth-order valence-corrected chi connectivity index (χ4v) is 1.13. The smallest absolute Gasteiger partial charge is 0.268 e. The van der Waals surface area contributed by atoms with Crippen LogP contribution in [0.5, 0.6) is 5.75 Å². The summed E-state index contributed by atoms with van der Waals surface area (Å²) in [6.45, 7) is 1.50. The molecule has 1 heterocycles. The highest BCUT2D eigenvalue weighted by atomic mass is 19.3. The lowest BCUT2D eigenvalue weighted by molar-refractivity contribution is 0.146. The van der Waals surface area contributed by atoms with E-state index in [2.05, 4.69) is 4.98 Å². The highest BCUT2D eigenvalue weighted by Crippen LogP contribution is 2.32. The van der Waals surface area contributed by atoms with Crippen LogP contribution in [0, 0.1) is 18.3 Å². The maximum Gasteiger partial charge on any atom is 0.268 e. The van der Waals surface area contributed by atoms with E-state index in [1.807, 2.05) is 0 Å². The zero-order valence-electron chi connectivity index (χ0n) is 7.71. The van der Waals surface area contributed by atoms with Crippen molar-refractivity contribution in [1.82, 2.24) is 4.98 Å². The van der Waals surface area contributed by atoms with Gasteiger partial charge in [-0.15, -0.1) is 0 Å². The van der Waals surface area contributed by atoms with Gasteiger partial charge in [0.2, 0.25) is 0 Å². The molecule has 0 saturated heterocycles. The van der Waals surface area contributed by atoms with Gasteiger partial charge in [0, 0.05) is 0 Å². The highest BCUT2D eigenvalue weighted by molar-refractivity contribution is 5.48. The molecule has 5 heteroatoms. The zero-order valence-corrected chi connectivity index (χ0v) is 7.71. The van der Waals surface area contributed by atoms with Gasteiger partial charge in [-0.3, -0.25) is 4.98 Å². The average molecular weight is 198 g/mol. The predicted octanol–water partition coefficient (Wildman–Crippen LogP) is 2.21. The molecular formula is C9H8F2N2O. The molecule has 1 rings (SSSR count). The molecule has 0 saturated carbocycles. The predicted molar refractivity (Wildman–Crippen MR) is 45.2 cm³/mol. The van der Waals surface area contributed by atoms with Crippen LogP contribution < -0.4 is 4.74 Å². The molecule has 1 aromatic rings. The van der Waals surface area contributed by atoms with Crippen molar-refractivity contribution in [2.24, 2.45) is 0 Å². The third-order valence-corrected chi connectivity index (χ3v) is 1.82. The summed E-state index contributed by atoms with van der Waals surface area (Å²) in [4.78, 5) is 3.78. The Kier molecular flexibility index (Phi) is 2.97. The number of hydrogen-bond donors (Lipinski definition) is 0. The second-order valence-electron chi connectivity index (χ2n) is 2.61. The molecule has 0 amide bonds. The fourth-order valence-electron chi connectivity index (χ4n) is 1.13. The summed E-state index contributed by atoms with van der Waals surface area (Å²) in [5, 5.41) is 8.69. The van der Waals surface area contributed by atoms with Crippen molar-refractivity contribution in [2.45, 2.75) is 13.3 Å². The van der Waals surface area contributed by atoms with Crippen molar-refractivity contribution < 1.29 is 13.5 Å². The maximum absolute atomic E-state index is 12.6. The Labute approximate surface area is 79.9 Å². The largest absolute Gasteiger partial charge is 0.495 e. The van der Waals surface area contributed by atoms with Gasteiger partial charge < -0.3 is 4.74 Å². The third-order valence-electron chi connectivity index (χ3n) is 1.82. The van der Waals surface area contributed by atoms with Crippen LogP contribution in [0.25, 0.3) is 0 Å². The summed E-state index contributed by atoms with van der Waals surface area (Å²) in [6, 6.07) is 1.70. The first-order chi connectivity index (χ1) is 6.61. The SMILES string of the molecule is COc1cnc(C)c(C#N)c1C(F)F. The Morgan fingerprint density at radius 1 is 1.57 bits per heavy atom. The van der Waals surface area contributed by atoms with Gasteiger partial charge in [0.05, 0.1) is 30.1 Å². The minimum Gasteiger partial charge on any atom is -0.495 e. The minimum absolute atomic E-state index is 0.0536. The number of methoxy groups -OCH3 is 1. The molecular weight excluding hydrogens is 190 g/mol. The fraction of sp³-hybridized carbons (Fsp3) is 0.333. The molecule has 1 aromatic heterocycles. The van der Waals surface area contributed by atoms with Gasteiger partial charge in [0.15, 0.2) is 0 Å². The molecule has 74 valence electrons. The number of ether oxygens (including phenoxy) is 1. The molecule has 0 aliphatic carbocycles. The van der Waals surface area contributed by atoms with Crippen LogP contribution in [0.3, 0.4) is 0 Å². The van der Waals surface area contributed by atoms with E-state index in [9.17, 15) is 8.78 Å². The summed E-state index contributed by atoms with van der Waals surface area (Å²) < 4.78 is 29.9. The van der Waals surface area contributed by atoms with Crippen LogP contribution in [-0.4, -0.2) is 12.1 Å². The number of nitrogens with zero attached hydrogens (tertiary/aromatic N) is 2. The summed E-state index contributed by atoms with van der Waals surface area (Å²) in [5.41, 5.74) is -0.217. The topological polar surface area (TPSA) is 45.9 Å². The van der Waals surface area contributed by atoms with Crippen LogP contribution in [0.2, 0.25) is 0 Å². The highest BCUT2D eigenvalue weighted by Gasteiger charge is 2.21. The van der Waals surface area contributed by atoms with Crippen molar-refractivity contribution in [1.29, 1.82) is 5.26 Å². The van der Waals surface area contributed by atoms with Gasteiger partial charge in [-0.05, 0) is 6.92 Å². The lowest BCUT2D eigenvalue weighted by atomic mass is 10.1. The molecule has 0 aliphatic rings. The Hall–Kier alpha value is -1.70. The second kappa shape index (κ2) is 4.01. The molecule has 0 bridgehead atoms. The van der Waals surface area contributed by atoms with E-state index in [0.29, 0.717) is 0 Å². The Balaban J connectivity index is 3.46. The van der Waals surface area contributed by atoms with E-state index < -0.39 is 6.43 Å². The molecule has 0 aliphatic heterocycles. The Morgan fingerprint density at radius 3 is 2.64 bits per heavy atom. The molecule has 0 radical (unpaired) electrons. The van der Waals surface area contributed by atoms with E-state index in [0.717, 1.165) is 0 Å². The molecule has 0 N–H and O–H groups in total. The first kappa shape index (κ1) is 10.4. The Morgan fingerprint density at radius 2 is 2.21 bits per heavy atom. The lowest BCUT2D eigenvalue weighted by Gasteiger charge is -2.09. The molecule has 0 fully saturated rings. The first-order valence-corrected chi connectivity index (χ1v) is 3.83. The number of aromatic nitrogens is 1. The number of aryl methyl sites for hydroxylation is 1. The molecule has 14 heavy (non-hydrogen) atoms. The van der Waals surface area contributed by atoms with Crippen molar-refractivity contribution in [2.75, 3.05) is 7.11 Å². The number of pyridine rings is 1. The van der Waals surface area contributed by atoms with Crippen LogP contribution in [-0.2, 0) is 0 Å². The van der Waals surface area contributed by atoms with Gasteiger partial charge in [0.25, 0.3) is 6.43 Å². The van der Waals surface area contributed by atoms with E-state index in [1.165, 1.54) is 20.2 Å². The minimum atomic E-state index is -2.73. The summed E-state index contributed by atoms with van der Waals surface area (Å²) in [5.74, 6) is -0.0536. The Bertz CT molecular complexity index is 385. The van der Waals surface area contributed by atoms with Crippen molar-refractivity contribution in [3.8, 4) is 11.8 Å². The molecule has 0 aromatic carbocycles. The van der Waals surface area contributed by atoms with Gasteiger partial charge in [0.1, 0.15) is 11.8 Å². The van der Waals surface area contributed by atoms with Crippen molar-refractivity contribution in [3.63, 3.8) is 0 Å². The van der Waals surface area contributed by atoms with Crippen LogP contribution in [0.1, 0.15) is 23.2 Å². The van der Waals surface area contributed by atoms with E-state index in [4.69, 9.17) is 10.00 Å². The molecule has 3 nitrogen and oxygen atoms in total. The number of rotatable bonds is 2. The zero-order chi connectivity index (χ0) is 10.7. The van der Waals surface area contributed by atoms with E-state index in [1.54, 1.807) is 6.07 Å². The first-order valence-electron chi connectivity index (χ1n) is 3.83.